The normalized spacial score (nSPS) is 11.1. The van der Waals surface area contributed by atoms with Gasteiger partial charge in [-0.05, 0) is 37.7 Å². The van der Waals surface area contributed by atoms with Gasteiger partial charge in [0.1, 0.15) is 6.33 Å². The summed E-state index contributed by atoms with van der Waals surface area (Å²) in [5.41, 5.74) is 5.92. The number of benzene rings is 2. The molecule has 2 aromatic carbocycles. The fourth-order valence-electron chi connectivity index (χ4n) is 2.43. The van der Waals surface area contributed by atoms with Crippen molar-refractivity contribution in [2.45, 2.75) is 13.5 Å². The van der Waals surface area contributed by atoms with Gasteiger partial charge in [-0.25, -0.2) is 4.98 Å². The maximum absolute atomic E-state index is 4.46. The molecular formula is C16H17N3. The number of rotatable bonds is 3. The molecule has 3 heteroatoms. The third-order valence-electron chi connectivity index (χ3n) is 3.32. The highest BCUT2D eigenvalue weighted by Gasteiger charge is 2.08. The monoisotopic (exact) mass is 251 g/mol. The van der Waals surface area contributed by atoms with Gasteiger partial charge in [-0.3, -0.25) is 4.57 Å². The average molecular weight is 251 g/mol. The molecule has 3 nitrogen and oxygen atoms in total. The molecule has 0 aliphatic heterocycles. The molecule has 1 N–H and O–H groups in total. The van der Waals surface area contributed by atoms with Crippen molar-refractivity contribution in [2.75, 3.05) is 7.05 Å². The van der Waals surface area contributed by atoms with E-state index in [9.17, 15) is 0 Å². The van der Waals surface area contributed by atoms with E-state index >= 15 is 0 Å². The van der Waals surface area contributed by atoms with Crippen LogP contribution in [0.2, 0.25) is 0 Å². The molecule has 0 fully saturated rings. The van der Waals surface area contributed by atoms with Gasteiger partial charge >= 0.3 is 0 Å². The van der Waals surface area contributed by atoms with Crippen LogP contribution < -0.4 is 5.32 Å². The lowest BCUT2D eigenvalue weighted by molar-refractivity contribution is 0.808. The summed E-state index contributed by atoms with van der Waals surface area (Å²) in [7, 11) is 1.97. The van der Waals surface area contributed by atoms with E-state index in [1.165, 1.54) is 16.8 Å². The van der Waals surface area contributed by atoms with Gasteiger partial charge in [0.25, 0.3) is 0 Å². The van der Waals surface area contributed by atoms with Gasteiger partial charge in [-0.15, -0.1) is 0 Å². The van der Waals surface area contributed by atoms with Crippen molar-refractivity contribution in [3.63, 3.8) is 0 Å². The third kappa shape index (κ3) is 2.13. The van der Waals surface area contributed by atoms with E-state index in [-0.39, 0.29) is 0 Å². The Labute approximate surface area is 112 Å². The van der Waals surface area contributed by atoms with Gasteiger partial charge in [-0.2, -0.15) is 0 Å². The lowest BCUT2D eigenvalue weighted by atomic mass is 10.1. The van der Waals surface area contributed by atoms with E-state index in [2.05, 4.69) is 46.1 Å². The van der Waals surface area contributed by atoms with Crippen molar-refractivity contribution in [2.24, 2.45) is 0 Å². The second kappa shape index (κ2) is 4.86. The van der Waals surface area contributed by atoms with Crippen LogP contribution in [0.25, 0.3) is 16.7 Å². The Hall–Kier alpha value is -2.13. The molecule has 0 atom stereocenters. The highest BCUT2D eigenvalue weighted by Crippen LogP contribution is 2.22. The first-order valence-corrected chi connectivity index (χ1v) is 6.46. The summed E-state index contributed by atoms with van der Waals surface area (Å²) in [5, 5.41) is 3.23. The topological polar surface area (TPSA) is 29.9 Å². The number of para-hydroxylation sites is 2. The number of nitrogens with zero attached hydrogens (tertiary/aromatic N) is 2. The van der Waals surface area contributed by atoms with Gasteiger partial charge in [-0.1, -0.05) is 29.8 Å². The molecule has 0 spiro atoms. The van der Waals surface area contributed by atoms with Crippen LogP contribution in [0.5, 0.6) is 0 Å². The first-order valence-electron chi connectivity index (χ1n) is 6.46. The van der Waals surface area contributed by atoms with Crippen molar-refractivity contribution >= 4 is 11.0 Å². The van der Waals surface area contributed by atoms with Crippen LogP contribution in [0, 0.1) is 6.92 Å². The summed E-state index contributed by atoms with van der Waals surface area (Å²) in [6.45, 7) is 2.97. The summed E-state index contributed by atoms with van der Waals surface area (Å²) in [4.78, 5) is 4.46. The molecule has 3 aromatic rings. The largest absolute Gasteiger partial charge is 0.316 e. The maximum atomic E-state index is 4.46. The molecule has 0 aliphatic carbocycles. The second-order valence-corrected chi connectivity index (χ2v) is 4.77. The van der Waals surface area contributed by atoms with Gasteiger partial charge in [0.15, 0.2) is 0 Å². The van der Waals surface area contributed by atoms with E-state index in [0.717, 1.165) is 17.6 Å². The van der Waals surface area contributed by atoms with E-state index in [4.69, 9.17) is 0 Å². The molecule has 3 rings (SSSR count). The zero-order valence-electron chi connectivity index (χ0n) is 11.2. The van der Waals surface area contributed by atoms with Crippen molar-refractivity contribution < 1.29 is 0 Å². The number of aryl methyl sites for hydroxylation is 1. The summed E-state index contributed by atoms with van der Waals surface area (Å²) in [6, 6.07) is 14.7. The molecule has 0 aliphatic rings. The van der Waals surface area contributed by atoms with Crippen LogP contribution in [0.3, 0.4) is 0 Å². The molecule has 1 aromatic heterocycles. The number of aromatic nitrogens is 2. The minimum atomic E-state index is 0.851. The highest BCUT2D eigenvalue weighted by molar-refractivity contribution is 5.77. The Morgan fingerprint density at radius 3 is 2.84 bits per heavy atom. The fourth-order valence-corrected chi connectivity index (χ4v) is 2.43. The minimum absolute atomic E-state index is 0.851. The van der Waals surface area contributed by atoms with E-state index in [0.29, 0.717) is 0 Å². The zero-order chi connectivity index (χ0) is 13.2. The summed E-state index contributed by atoms with van der Waals surface area (Å²) < 4.78 is 2.15. The van der Waals surface area contributed by atoms with Crippen molar-refractivity contribution in [3.8, 4) is 5.69 Å². The van der Waals surface area contributed by atoms with Crippen molar-refractivity contribution in [1.82, 2.24) is 14.9 Å². The quantitative estimate of drug-likeness (QED) is 0.775. The van der Waals surface area contributed by atoms with Crippen LogP contribution >= 0.6 is 0 Å². The van der Waals surface area contributed by atoms with Crippen molar-refractivity contribution in [1.29, 1.82) is 0 Å². The molecule has 96 valence electrons. The van der Waals surface area contributed by atoms with Crippen LogP contribution in [-0.2, 0) is 6.54 Å². The molecule has 0 amide bonds. The smallest absolute Gasteiger partial charge is 0.100 e. The Morgan fingerprint density at radius 1 is 1.16 bits per heavy atom. The minimum Gasteiger partial charge on any atom is -0.316 e. The molecule has 0 radical (unpaired) electrons. The number of hydrogen-bond acceptors (Lipinski definition) is 2. The number of imidazole rings is 1. The summed E-state index contributed by atoms with van der Waals surface area (Å²) in [6.07, 6.45) is 1.90. The third-order valence-corrected chi connectivity index (χ3v) is 3.32. The highest BCUT2D eigenvalue weighted by atomic mass is 15.1. The lowest BCUT2D eigenvalue weighted by Crippen LogP contribution is -2.09. The van der Waals surface area contributed by atoms with E-state index < -0.39 is 0 Å². The Balaban J connectivity index is 2.21. The summed E-state index contributed by atoms with van der Waals surface area (Å²) >= 11 is 0. The van der Waals surface area contributed by atoms with Crippen LogP contribution in [-0.4, -0.2) is 16.6 Å². The average Bonchev–Trinajstić information content (AvgIpc) is 2.83. The Kier molecular flexibility index (Phi) is 3.05. The number of fused-ring (bicyclic) bond motifs is 1. The lowest BCUT2D eigenvalue weighted by Gasteiger charge is -2.12. The molecule has 19 heavy (non-hydrogen) atoms. The van der Waals surface area contributed by atoms with Gasteiger partial charge < -0.3 is 5.32 Å². The van der Waals surface area contributed by atoms with Gasteiger partial charge in [0.05, 0.1) is 16.7 Å². The van der Waals surface area contributed by atoms with Crippen molar-refractivity contribution in [3.05, 3.63) is 59.9 Å². The SMILES string of the molecule is CNCc1cc(C)ccc1-n1cnc2ccccc21. The van der Waals surface area contributed by atoms with E-state index in [1.54, 1.807) is 0 Å². The number of hydrogen-bond donors (Lipinski definition) is 1. The zero-order valence-corrected chi connectivity index (χ0v) is 11.2. The molecule has 0 saturated heterocycles. The molecule has 0 bridgehead atoms. The Morgan fingerprint density at radius 2 is 2.00 bits per heavy atom. The number of nitrogens with one attached hydrogen (secondary N) is 1. The van der Waals surface area contributed by atoms with Gasteiger partial charge in [0, 0.05) is 6.54 Å². The van der Waals surface area contributed by atoms with E-state index in [1.807, 2.05) is 31.6 Å². The predicted molar refractivity (Wildman–Crippen MR) is 78.6 cm³/mol. The standard InChI is InChI=1S/C16H17N3/c1-12-7-8-15(13(9-12)10-17-2)19-11-18-14-5-3-4-6-16(14)19/h3-9,11,17H,10H2,1-2H3. The predicted octanol–water partition coefficient (Wildman–Crippen LogP) is 3.05. The first-order chi connectivity index (χ1) is 9.29. The molecule has 0 saturated carbocycles. The van der Waals surface area contributed by atoms with Crippen LogP contribution in [0.1, 0.15) is 11.1 Å². The van der Waals surface area contributed by atoms with Gasteiger partial charge in [0.2, 0.25) is 0 Å². The molecular weight excluding hydrogens is 234 g/mol. The van der Waals surface area contributed by atoms with Crippen LogP contribution in [0.4, 0.5) is 0 Å². The Bertz CT molecular complexity index is 713. The summed E-state index contributed by atoms with van der Waals surface area (Å²) in [5.74, 6) is 0. The first kappa shape index (κ1) is 11.9. The van der Waals surface area contributed by atoms with Crippen LogP contribution in [0.15, 0.2) is 48.8 Å². The molecule has 1 heterocycles. The second-order valence-electron chi connectivity index (χ2n) is 4.77. The maximum Gasteiger partial charge on any atom is 0.100 e. The fraction of sp³-hybridized carbons (Fsp3) is 0.188. The molecule has 0 unspecified atom stereocenters.